The van der Waals surface area contributed by atoms with E-state index in [4.69, 9.17) is 21.1 Å². The van der Waals surface area contributed by atoms with Gasteiger partial charge >= 0.3 is 0 Å². The van der Waals surface area contributed by atoms with Crippen molar-refractivity contribution in [2.45, 2.75) is 13.2 Å². The zero-order chi connectivity index (χ0) is 22.8. The van der Waals surface area contributed by atoms with Gasteiger partial charge in [0.25, 0.3) is 5.91 Å². The van der Waals surface area contributed by atoms with E-state index in [0.717, 1.165) is 11.1 Å². The predicted molar refractivity (Wildman–Crippen MR) is 123 cm³/mol. The van der Waals surface area contributed by atoms with Crippen molar-refractivity contribution < 1.29 is 14.3 Å². The van der Waals surface area contributed by atoms with Crippen LogP contribution in [0.25, 0.3) is 22.8 Å². The number of nitrogens with zero attached hydrogens (tertiary/aromatic N) is 4. The maximum Gasteiger partial charge on any atom is 0.269 e. The average Bonchev–Trinajstić information content (AvgIpc) is 3.29. The first-order valence-electron chi connectivity index (χ1n) is 10.4. The summed E-state index contributed by atoms with van der Waals surface area (Å²) in [7, 11) is 1.58. The van der Waals surface area contributed by atoms with E-state index in [1.807, 2.05) is 42.5 Å². The number of ether oxygens (including phenoxy) is 2. The molecule has 1 amide bonds. The van der Waals surface area contributed by atoms with Gasteiger partial charge < -0.3 is 14.8 Å². The van der Waals surface area contributed by atoms with Crippen molar-refractivity contribution in [1.82, 2.24) is 25.1 Å². The monoisotopic (exact) mass is 461 g/mol. The number of halogens is 1. The van der Waals surface area contributed by atoms with Gasteiger partial charge in [-0.1, -0.05) is 29.8 Å². The molecule has 0 saturated heterocycles. The zero-order valence-corrected chi connectivity index (χ0v) is 18.5. The molecule has 1 aliphatic heterocycles. The van der Waals surface area contributed by atoms with E-state index in [9.17, 15) is 4.79 Å². The minimum absolute atomic E-state index is 0.133. The quantitative estimate of drug-likeness (QED) is 0.467. The number of hydrogen-bond donors (Lipinski definition) is 1. The fourth-order valence-corrected chi connectivity index (χ4v) is 3.79. The first-order valence-corrected chi connectivity index (χ1v) is 10.7. The summed E-state index contributed by atoms with van der Waals surface area (Å²) in [6.07, 6.45) is 1.67. The number of rotatable bonds is 6. The Morgan fingerprint density at radius 3 is 2.79 bits per heavy atom. The minimum atomic E-state index is -0.133. The SMILES string of the molecule is COc1cc(-c2nccc(-c3cc4n(n3)CCNC4=O)n2)ccc1OCc1ccccc1Cl. The van der Waals surface area contributed by atoms with Gasteiger partial charge in [0.15, 0.2) is 17.3 Å². The third kappa shape index (κ3) is 4.25. The molecule has 0 fully saturated rings. The van der Waals surface area contributed by atoms with Crippen molar-refractivity contribution in [3.05, 3.63) is 77.1 Å². The van der Waals surface area contributed by atoms with E-state index < -0.39 is 0 Å². The van der Waals surface area contributed by atoms with Gasteiger partial charge in [0, 0.05) is 28.9 Å². The predicted octanol–water partition coefficient (Wildman–Crippen LogP) is 3.99. The molecule has 1 aliphatic rings. The molecule has 166 valence electrons. The van der Waals surface area contributed by atoms with Crippen LogP contribution in [-0.2, 0) is 13.2 Å². The highest BCUT2D eigenvalue weighted by Gasteiger charge is 2.20. The average molecular weight is 462 g/mol. The molecular formula is C24H20ClN5O3. The number of carbonyl (C=O) groups excluding carboxylic acids is 1. The Morgan fingerprint density at radius 1 is 1.09 bits per heavy atom. The summed E-state index contributed by atoms with van der Waals surface area (Å²) < 4.78 is 13.2. The number of nitrogens with one attached hydrogen (secondary N) is 1. The van der Waals surface area contributed by atoms with Crippen LogP contribution >= 0.6 is 11.6 Å². The van der Waals surface area contributed by atoms with Crippen molar-refractivity contribution in [3.63, 3.8) is 0 Å². The van der Waals surface area contributed by atoms with E-state index in [1.165, 1.54) is 0 Å². The van der Waals surface area contributed by atoms with Gasteiger partial charge in [-0.2, -0.15) is 5.10 Å². The van der Waals surface area contributed by atoms with Crippen molar-refractivity contribution >= 4 is 17.5 Å². The van der Waals surface area contributed by atoms with Crippen molar-refractivity contribution in [2.75, 3.05) is 13.7 Å². The number of hydrogen-bond acceptors (Lipinski definition) is 6. The summed E-state index contributed by atoms with van der Waals surface area (Å²) >= 11 is 6.22. The normalized spacial score (nSPS) is 12.7. The molecule has 4 aromatic rings. The molecule has 3 heterocycles. The van der Waals surface area contributed by atoms with Crippen LogP contribution in [0.5, 0.6) is 11.5 Å². The molecule has 1 N–H and O–H groups in total. The number of fused-ring (bicyclic) bond motifs is 1. The number of benzene rings is 2. The van der Waals surface area contributed by atoms with Crippen LogP contribution in [-0.4, -0.2) is 39.3 Å². The van der Waals surface area contributed by atoms with Crippen molar-refractivity contribution in [3.8, 4) is 34.3 Å². The molecule has 0 spiro atoms. The molecule has 0 atom stereocenters. The van der Waals surface area contributed by atoms with Gasteiger partial charge in [-0.15, -0.1) is 0 Å². The second-order valence-electron chi connectivity index (χ2n) is 7.41. The topological polar surface area (TPSA) is 91.2 Å². The highest BCUT2D eigenvalue weighted by atomic mass is 35.5. The molecule has 2 aromatic heterocycles. The fraction of sp³-hybridized carbons (Fsp3) is 0.167. The Hall–Kier alpha value is -3.91. The number of carbonyl (C=O) groups is 1. The van der Waals surface area contributed by atoms with Crippen LogP contribution < -0.4 is 14.8 Å². The molecule has 0 bridgehead atoms. The van der Waals surface area contributed by atoms with Crippen molar-refractivity contribution in [1.29, 1.82) is 0 Å². The highest BCUT2D eigenvalue weighted by molar-refractivity contribution is 6.31. The lowest BCUT2D eigenvalue weighted by Crippen LogP contribution is -2.35. The van der Waals surface area contributed by atoms with Gasteiger partial charge in [-0.25, -0.2) is 9.97 Å². The summed E-state index contributed by atoms with van der Waals surface area (Å²) in [5.41, 5.74) is 3.43. The first kappa shape index (κ1) is 21.0. The molecule has 8 nitrogen and oxygen atoms in total. The molecule has 0 saturated carbocycles. The standard InChI is InChI=1S/C24H20ClN5O3/c1-32-22-12-15(6-7-21(22)33-14-16-4-2-3-5-17(16)25)23-26-9-8-18(28-23)19-13-20-24(31)27-10-11-30(20)29-19/h2-9,12-13H,10-11,14H2,1H3,(H,27,31). The minimum Gasteiger partial charge on any atom is -0.493 e. The third-order valence-corrected chi connectivity index (χ3v) is 5.67. The molecule has 5 rings (SSSR count). The molecule has 0 unspecified atom stereocenters. The van der Waals surface area contributed by atoms with Gasteiger partial charge in [-0.3, -0.25) is 9.48 Å². The first-order chi connectivity index (χ1) is 16.1. The van der Waals surface area contributed by atoms with Gasteiger partial charge in [0.2, 0.25) is 0 Å². The zero-order valence-electron chi connectivity index (χ0n) is 17.8. The number of methoxy groups -OCH3 is 1. The van der Waals surface area contributed by atoms with Crippen LogP contribution in [0.4, 0.5) is 0 Å². The molecule has 0 radical (unpaired) electrons. The Morgan fingerprint density at radius 2 is 1.97 bits per heavy atom. The Kier molecular flexibility index (Phi) is 5.66. The van der Waals surface area contributed by atoms with Crippen LogP contribution in [0.3, 0.4) is 0 Å². The summed E-state index contributed by atoms with van der Waals surface area (Å²) in [6.45, 7) is 1.51. The lowest BCUT2D eigenvalue weighted by Gasteiger charge is -2.13. The van der Waals surface area contributed by atoms with Crippen LogP contribution in [0.2, 0.25) is 5.02 Å². The summed E-state index contributed by atoms with van der Waals surface area (Å²) in [6, 6.07) is 16.6. The van der Waals surface area contributed by atoms with Gasteiger partial charge in [0.05, 0.1) is 19.3 Å². The molecule has 33 heavy (non-hydrogen) atoms. The smallest absolute Gasteiger partial charge is 0.269 e. The summed E-state index contributed by atoms with van der Waals surface area (Å²) in [5.74, 6) is 1.53. The molecular weight excluding hydrogens is 442 g/mol. The lowest BCUT2D eigenvalue weighted by molar-refractivity contribution is 0.0924. The number of amides is 1. The largest absolute Gasteiger partial charge is 0.493 e. The summed E-state index contributed by atoms with van der Waals surface area (Å²) in [5, 5.41) is 7.99. The molecule has 9 heteroatoms. The second kappa shape index (κ2) is 8.91. The van der Waals surface area contributed by atoms with Gasteiger partial charge in [-0.05, 0) is 36.4 Å². The Labute approximate surface area is 195 Å². The van der Waals surface area contributed by atoms with Crippen LogP contribution in [0.1, 0.15) is 16.1 Å². The van der Waals surface area contributed by atoms with E-state index in [0.29, 0.717) is 59.1 Å². The van der Waals surface area contributed by atoms with E-state index in [1.54, 1.807) is 30.1 Å². The maximum atomic E-state index is 12.0. The van der Waals surface area contributed by atoms with Crippen molar-refractivity contribution in [2.24, 2.45) is 0 Å². The fourth-order valence-electron chi connectivity index (χ4n) is 3.60. The van der Waals surface area contributed by atoms with E-state index in [2.05, 4.69) is 20.4 Å². The number of aromatic nitrogens is 4. The Bertz CT molecular complexity index is 1340. The van der Waals surface area contributed by atoms with E-state index in [-0.39, 0.29) is 5.91 Å². The summed E-state index contributed by atoms with van der Waals surface area (Å²) in [4.78, 5) is 21.1. The lowest BCUT2D eigenvalue weighted by atomic mass is 10.1. The second-order valence-corrected chi connectivity index (χ2v) is 7.81. The van der Waals surface area contributed by atoms with Crippen LogP contribution in [0, 0.1) is 0 Å². The molecule has 0 aliphatic carbocycles. The van der Waals surface area contributed by atoms with Crippen LogP contribution in [0.15, 0.2) is 60.8 Å². The van der Waals surface area contributed by atoms with E-state index >= 15 is 0 Å². The highest BCUT2D eigenvalue weighted by Crippen LogP contribution is 2.33. The third-order valence-electron chi connectivity index (χ3n) is 5.30. The molecule has 2 aromatic carbocycles. The Balaban J connectivity index is 1.41. The maximum absolute atomic E-state index is 12.0. The van der Waals surface area contributed by atoms with Gasteiger partial charge in [0.1, 0.15) is 18.0 Å².